The van der Waals surface area contributed by atoms with E-state index in [1.54, 1.807) is 0 Å². The largest absolute Gasteiger partial charge is 0.345 e. The Labute approximate surface area is 95.0 Å². The van der Waals surface area contributed by atoms with Gasteiger partial charge in [-0.05, 0) is 18.2 Å². The molecule has 2 aliphatic heterocycles. The molecule has 0 fully saturated rings. The number of hydrogen-bond donors (Lipinski definition) is 0. The summed E-state index contributed by atoms with van der Waals surface area (Å²) in [5.74, 6) is 0.994. The highest BCUT2D eigenvalue weighted by Gasteiger charge is 2.17. The van der Waals surface area contributed by atoms with Crippen molar-refractivity contribution in [3.63, 3.8) is 0 Å². The van der Waals surface area contributed by atoms with E-state index in [2.05, 4.69) is 45.4 Å². The molecule has 0 spiro atoms. The molecule has 3 heteroatoms. The molecular weight excluding hydrogens is 198 g/mol. The molecule has 0 aliphatic carbocycles. The highest BCUT2D eigenvalue weighted by Crippen LogP contribution is 2.21. The molecule has 2 aliphatic rings. The van der Waals surface area contributed by atoms with E-state index in [9.17, 15) is 0 Å². The first kappa shape index (κ1) is 9.21. The van der Waals surface area contributed by atoms with Crippen molar-refractivity contribution < 1.29 is 0 Å². The molecule has 0 bridgehead atoms. The molecule has 0 saturated heterocycles. The molecule has 0 unspecified atom stereocenters. The summed E-state index contributed by atoms with van der Waals surface area (Å²) < 4.78 is 0. The summed E-state index contributed by atoms with van der Waals surface area (Å²) in [6.07, 6.45) is 12.4. The van der Waals surface area contributed by atoms with E-state index < -0.39 is 0 Å². The Bertz CT molecular complexity index is 459. The van der Waals surface area contributed by atoms with Gasteiger partial charge in [0.2, 0.25) is 0 Å². The van der Waals surface area contributed by atoms with Crippen molar-refractivity contribution in [1.29, 1.82) is 0 Å². The fourth-order valence-electron chi connectivity index (χ4n) is 1.94. The maximum absolute atomic E-state index is 4.35. The van der Waals surface area contributed by atoms with Crippen molar-refractivity contribution in [2.75, 3.05) is 18.0 Å². The molecular formula is C13H13N3. The van der Waals surface area contributed by atoms with E-state index in [1.165, 1.54) is 5.70 Å². The van der Waals surface area contributed by atoms with Crippen molar-refractivity contribution in [1.82, 2.24) is 9.88 Å². The van der Waals surface area contributed by atoms with Crippen LogP contribution in [0.2, 0.25) is 0 Å². The van der Waals surface area contributed by atoms with E-state index in [0.717, 1.165) is 18.9 Å². The molecule has 3 rings (SSSR count). The van der Waals surface area contributed by atoms with Crippen LogP contribution >= 0.6 is 0 Å². The molecule has 0 N–H and O–H groups in total. The van der Waals surface area contributed by atoms with Gasteiger partial charge in [-0.25, -0.2) is 4.98 Å². The van der Waals surface area contributed by atoms with Crippen LogP contribution in [0.15, 0.2) is 60.7 Å². The van der Waals surface area contributed by atoms with Gasteiger partial charge in [0.25, 0.3) is 0 Å². The third-order valence-electron chi connectivity index (χ3n) is 2.80. The lowest BCUT2D eigenvalue weighted by Gasteiger charge is -2.33. The molecule has 3 nitrogen and oxygen atoms in total. The average molecular weight is 211 g/mol. The van der Waals surface area contributed by atoms with E-state index in [0.29, 0.717) is 0 Å². The van der Waals surface area contributed by atoms with Gasteiger partial charge in [0.05, 0.1) is 6.54 Å². The number of aromatic nitrogens is 1. The minimum absolute atomic E-state index is 0.887. The van der Waals surface area contributed by atoms with Crippen LogP contribution < -0.4 is 4.90 Å². The monoisotopic (exact) mass is 211 g/mol. The van der Waals surface area contributed by atoms with Crippen LogP contribution in [0.3, 0.4) is 0 Å². The van der Waals surface area contributed by atoms with E-state index in [-0.39, 0.29) is 0 Å². The lowest BCUT2D eigenvalue weighted by atomic mass is 10.2. The Hall–Kier alpha value is -2.03. The van der Waals surface area contributed by atoms with Crippen LogP contribution in [-0.2, 0) is 0 Å². The first-order chi connectivity index (χ1) is 7.93. The van der Waals surface area contributed by atoms with Gasteiger partial charge in [-0.1, -0.05) is 18.2 Å². The van der Waals surface area contributed by atoms with E-state index >= 15 is 0 Å². The summed E-state index contributed by atoms with van der Waals surface area (Å²) in [5.41, 5.74) is 1.32. The molecule has 16 heavy (non-hydrogen) atoms. The van der Waals surface area contributed by atoms with Crippen molar-refractivity contribution in [2.24, 2.45) is 0 Å². The zero-order valence-corrected chi connectivity index (χ0v) is 8.95. The zero-order chi connectivity index (χ0) is 10.8. The fraction of sp³-hybridized carbons (Fsp3) is 0.154. The Morgan fingerprint density at radius 3 is 2.94 bits per heavy atom. The Balaban J connectivity index is 1.88. The van der Waals surface area contributed by atoms with Gasteiger partial charge in [0.15, 0.2) is 0 Å². The highest BCUT2D eigenvalue weighted by atomic mass is 15.3. The number of fused-ring (bicyclic) bond motifs is 1. The summed E-state index contributed by atoms with van der Waals surface area (Å²) >= 11 is 0. The second-order valence-electron chi connectivity index (χ2n) is 3.85. The Morgan fingerprint density at radius 2 is 2.06 bits per heavy atom. The SMILES string of the molecule is C1=CCN2C=CN(c3ccccn3)CC2=C1. The molecule has 0 atom stereocenters. The Morgan fingerprint density at radius 1 is 1.12 bits per heavy atom. The molecule has 1 aromatic heterocycles. The maximum Gasteiger partial charge on any atom is 0.132 e. The predicted octanol–water partition coefficient (Wildman–Crippen LogP) is 2.13. The van der Waals surface area contributed by atoms with Gasteiger partial charge in [-0.15, -0.1) is 0 Å². The molecule has 0 aromatic carbocycles. The maximum atomic E-state index is 4.35. The topological polar surface area (TPSA) is 19.4 Å². The number of anilines is 1. The third-order valence-corrected chi connectivity index (χ3v) is 2.80. The quantitative estimate of drug-likeness (QED) is 0.709. The molecule has 0 radical (unpaired) electrons. The number of rotatable bonds is 1. The van der Waals surface area contributed by atoms with Gasteiger partial charge in [-0.2, -0.15) is 0 Å². The van der Waals surface area contributed by atoms with Gasteiger partial charge < -0.3 is 9.80 Å². The summed E-state index contributed by atoms with van der Waals surface area (Å²) in [5, 5.41) is 0. The molecule has 80 valence electrons. The lowest BCUT2D eigenvalue weighted by Crippen LogP contribution is -2.34. The summed E-state index contributed by atoms with van der Waals surface area (Å²) in [6, 6.07) is 5.98. The molecule has 1 aromatic rings. The minimum Gasteiger partial charge on any atom is -0.345 e. The lowest BCUT2D eigenvalue weighted by molar-refractivity contribution is 0.482. The fourth-order valence-corrected chi connectivity index (χ4v) is 1.94. The first-order valence-corrected chi connectivity index (χ1v) is 5.42. The van der Waals surface area contributed by atoms with E-state index in [1.807, 2.05) is 24.4 Å². The third kappa shape index (κ3) is 1.60. The van der Waals surface area contributed by atoms with Gasteiger partial charge in [0, 0.05) is 30.8 Å². The number of pyridine rings is 1. The van der Waals surface area contributed by atoms with Crippen LogP contribution in [0.5, 0.6) is 0 Å². The van der Waals surface area contributed by atoms with Crippen LogP contribution in [-0.4, -0.2) is 23.0 Å². The van der Waals surface area contributed by atoms with Gasteiger partial charge >= 0.3 is 0 Å². The van der Waals surface area contributed by atoms with E-state index in [4.69, 9.17) is 0 Å². The second kappa shape index (κ2) is 3.85. The van der Waals surface area contributed by atoms with Crippen molar-refractivity contribution in [3.8, 4) is 0 Å². The first-order valence-electron chi connectivity index (χ1n) is 5.42. The van der Waals surface area contributed by atoms with Crippen LogP contribution in [0.1, 0.15) is 0 Å². The standard InChI is InChI=1S/C13H13N3/c1-3-7-14-13(6-1)16-10-9-15-8-4-2-5-12(15)11-16/h1-7,9-10H,8,11H2. The normalized spacial score (nSPS) is 18.4. The van der Waals surface area contributed by atoms with Gasteiger partial charge in [0.1, 0.15) is 5.82 Å². The smallest absolute Gasteiger partial charge is 0.132 e. The second-order valence-corrected chi connectivity index (χ2v) is 3.85. The van der Waals surface area contributed by atoms with Crippen molar-refractivity contribution in [2.45, 2.75) is 0 Å². The number of hydrogen-bond acceptors (Lipinski definition) is 3. The van der Waals surface area contributed by atoms with Crippen LogP contribution in [0.4, 0.5) is 5.82 Å². The van der Waals surface area contributed by atoms with Crippen LogP contribution in [0, 0.1) is 0 Å². The summed E-state index contributed by atoms with van der Waals surface area (Å²) in [7, 11) is 0. The molecule has 0 amide bonds. The average Bonchev–Trinajstić information content (AvgIpc) is 2.39. The molecule has 0 saturated carbocycles. The Kier molecular flexibility index (Phi) is 2.22. The number of nitrogens with zero attached hydrogens (tertiary/aromatic N) is 3. The summed E-state index contributed by atoms with van der Waals surface area (Å²) in [6.45, 7) is 1.86. The predicted molar refractivity (Wildman–Crippen MR) is 64.7 cm³/mol. The van der Waals surface area contributed by atoms with Gasteiger partial charge in [-0.3, -0.25) is 0 Å². The zero-order valence-electron chi connectivity index (χ0n) is 8.95. The van der Waals surface area contributed by atoms with Crippen molar-refractivity contribution in [3.05, 3.63) is 60.7 Å². The molecule has 3 heterocycles. The highest BCUT2D eigenvalue weighted by molar-refractivity contribution is 5.46. The minimum atomic E-state index is 0.887. The van der Waals surface area contributed by atoms with Crippen molar-refractivity contribution >= 4 is 5.82 Å². The summed E-state index contributed by atoms with van der Waals surface area (Å²) in [4.78, 5) is 8.75. The van der Waals surface area contributed by atoms with Crippen LogP contribution in [0.25, 0.3) is 0 Å². The number of allylic oxidation sites excluding steroid dienone is 2.